The second-order valence-corrected chi connectivity index (χ2v) is 9.39. The van der Waals surface area contributed by atoms with Crippen molar-refractivity contribution in [3.8, 4) is 11.5 Å². The number of ether oxygens (including phenoxy) is 2. The fraction of sp³-hybridized carbons (Fsp3) is 0.133. The number of benzene rings is 3. The van der Waals surface area contributed by atoms with Crippen LogP contribution >= 0.6 is 23.2 Å². The predicted octanol–water partition coefficient (Wildman–Crippen LogP) is 6.16. The first kappa shape index (κ1) is 30.1. The van der Waals surface area contributed by atoms with Gasteiger partial charge in [-0.25, -0.2) is 10.9 Å². The summed E-state index contributed by atoms with van der Waals surface area (Å²) in [5.74, 6) is 0.340. The van der Waals surface area contributed by atoms with Crippen LogP contribution in [0.15, 0.2) is 94.1 Å². The highest BCUT2D eigenvalue weighted by Gasteiger charge is 2.02. The summed E-state index contributed by atoms with van der Waals surface area (Å²) in [6.07, 6.45) is 6.99. The normalized spacial score (nSPS) is 12.0. The summed E-state index contributed by atoms with van der Waals surface area (Å²) in [4.78, 5) is 23.8. The molecule has 0 aliphatic heterocycles. The van der Waals surface area contributed by atoms with Crippen LogP contribution in [0.5, 0.6) is 11.5 Å². The van der Waals surface area contributed by atoms with E-state index in [1.165, 1.54) is 0 Å². The number of carbonyl (C=O) groups is 2. The van der Waals surface area contributed by atoms with Crippen LogP contribution in [-0.2, 0) is 9.59 Å². The Hall–Kier alpha value is -4.40. The molecule has 0 unspecified atom stereocenters. The molecule has 0 radical (unpaired) electrons. The van der Waals surface area contributed by atoms with Gasteiger partial charge in [0.1, 0.15) is 11.5 Å². The zero-order valence-corrected chi connectivity index (χ0v) is 23.4. The average molecular weight is 579 g/mol. The predicted molar refractivity (Wildman–Crippen MR) is 161 cm³/mol. The largest absolute Gasteiger partial charge is 0.484 e. The lowest BCUT2D eigenvalue weighted by molar-refractivity contribution is -0.123. The second kappa shape index (κ2) is 15.9. The van der Waals surface area contributed by atoms with Crippen molar-refractivity contribution in [2.45, 2.75) is 13.8 Å². The van der Waals surface area contributed by atoms with Crippen molar-refractivity contribution in [3.05, 3.63) is 105 Å². The summed E-state index contributed by atoms with van der Waals surface area (Å²) in [6.45, 7) is 3.43. The van der Waals surface area contributed by atoms with Crippen molar-refractivity contribution in [2.24, 2.45) is 10.2 Å². The summed E-state index contributed by atoms with van der Waals surface area (Å²) in [5.41, 5.74) is 8.50. The van der Waals surface area contributed by atoms with E-state index >= 15 is 0 Å². The van der Waals surface area contributed by atoms with Crippen LogP contribution in [0, 0.1) is 0 Å². The van der Waals surface area contributed by atoms with Crippen molar-refractivity contribution < 1.29 is 19.1 Å². The van der Waals surface area contributed by atoms with E-state index in [4.69, 9.17) is 32.7 Å². The fourth-order valence-corrected chi connectivity index (χ4v) is 3.38. The first-order chi connectivity index (χ1) is 19.3. The summed E-state index contributed by atoms with van der Waals surface area (Å²) >= 11 is 11.6. The molecule has 0 heterocycles. The molecule has 0 bridgehead atoms. The Bertz CT molecular complexity index is 1290. The zero-order chi connectivity index (χ0) is 28.7. The van der Waals surface area contributed by atoms with Crippen LogP contribution in [0.4, 0.5) is 0 Å². The van der Waals surface area contributed by atoms with Crippen molar-refractivity contribution in [1.82, 2.24) is 10.9 Å². The topological polar surface area (TPSA) is 101 Å². The number of nitrogens with one attached hydrogen (secondary N) is 2. The van der Waals surface area contributed by atoms with Gasteiger partial charge < -0.3 is 9.47 Å². The van der Waals surface area contributed by atoms with E-state index in [1.807, 2.05) is 50.3 Å². The average Bonchev–Trinajstić information content (AvgIpc) is 2.93. The van der Waals surface area contributed by atoms with Crippen molar-refractivity contribution >= 4 is 59.6 Å². The minimum atomic E-state index is -0.375. The molecule has 206 valence electrons. The Balaban J connectivity index is 1.40. The van der Waals surface area contributed by atoms with Gasteiger partial charge in [0.2, 0.25) is 0 Å². The van der Waals surface area contributed by atoms with Crippen LogP contribution in [0.1, 0.15) is 25.0 Å². The fourth-order valence-electron chi connectivity index (χ4n) is 3.12. The van der Waals surface area contributed by atoms with Gasteiger partial charge in [0.15, 0.2) is 13.2 Å². The van der Waals surface area contributed by atoms with Crippen molar-refractivity contribution in [1.29, 1.82) is 0 Å². The second-order valence-electron chi connectivity index (χ2n) is 8.51. The zero-order valence-electron chi connectivity index (χ0n) is 21.9. The number of rotatable bonds is 12. The minimum absolute atomic E-state index is 0.161. The number of hydrazone groups is 2. The molecule has 2 N–H and O–H groups in total. The Morgan fingerprint density at radius 3 is 1.35 bits per heavy atom. The van der Waals surface area contributed by atoms with Gasteiger partial charge in [0, 0.05) is 10.0 Å². The smallest absolute Gasteiger partial charge is 0.277 e. The highest BCUT2D eigenvalue weighted by atomic mass is 35.5. The molecular formula is C30H28Cl2N4O4. The van der Waals surface area contributed by atoms with Gasteiger partial charge in [-0.3, -0.25) is 9.59 Å². The number of halogens is 2. The molecule has 2 amide bonds. The molecule has 3 aromatic carbocycles. The molecule has 8 nitrogen and oxygen atoms in total. The van der Waals surface area contributed by atoms with Crippen molar-refractivity contribution in [2.75, 3.05) is 13.2 Å². The molecule has 0 aromatic heterocycles. The summed E-state index contributed by atoms with van der Waals surface area (Å²) in [5, 5.41) is 9.11. The lowest BCUT2D eigenvalue weighted by Gasteiger charge is -2.04. The van der Waals surface area contributed by atoms with E-state index in [0.29, 0.717) is 21.5 Å². The molecule has 0 aliphatic rings. The van der Waals surface area contributed by atoms with Gasteiger partial charge in [0.25, 0.3) is 11.8 Å². The molecule has 40 heavy (non-hydrogen) atoms. The molecule has 0 fully saturated rings. The number of amides is 2. The third-order valence-electron chi connectivity index (χ3n) is 5.01. The van der Waals surface area contributed by atoms with Crippen LogP contribution in [0.3, 0.4) is 0 Å². The Morgan fingerprint density at radius 2 is 1.00 bits per heavy atom. The highest BCUT2D eigenvalue weighted by molar-refractivity contribution is 6.30. The van der Waals surface area contributed by atoms with E-state index in [0.717, 1.165) is 22.3 Å². The maximum atomic E-state index is 11.9. The summed E-state index contributed by atoms with van der Waals surface area (Å²) in [6, 6.07) is 21.3. The van der Waals surface area contributed by atoms with Crippen LogP contribution < -0.4 is 20.3 Å². The third kappa shape index (κ3) is 11.6. The van der Waals surface area contributed by atoms with Gasteiger partial charge in [0.05, 0.1) is 12.4 Å². The monoisotopic (exact) mass is 578 g/mol. The van der Waals surface area contributed by atoms with E-state index in [9.17, 15) is 9.59 Å². The number of allylic oxidation sites excluding steroid dienone is 2. The SMILES string of the molecule is CC(/C=N/NC(=O)COc1ccc(Cl)cc1)=C\c1ccc(/C=C(C)/C=N/NC(=O)COc2ccc(Cl)cc2)cc1. The summed E-state index contributed by atoms with van der Waals surface area (Å²) < 4.78 is 10.8. The first-order valence-electron chi connectivity index (χ1n) is 12.1. The van der Waals surface area contributed by atoms with Crippen LogP contribution in [0.25, 0.3) is 12.2 Å². The first-order valence-corrected chi connectivity index (χ1v) is 12.9. The highest BCUT2D eigenvalue weighted by Crippen LogP contribution is 2.16. The van der Waals surface area contributed by atoms with Crippen LogP contribution in [-0.4, -0.2) is 37.5 Å². The Kier molecular flexibility index (Phi) is 12.0. The molecule has 0 atom stereocenters. The Morgan fingerprint density at radius 1 is 0.650 bits per heavy atom. The van der Waals surface area contributed by atoms with Crippen LogP contribution in [0.2, 0.25) is 10.0 Å². The maximum absolute atomic E-state index is 11.9. The molecule has 3 rings (SSSR count). The minimum Gasteiger partial charge on any atom is -0.484 e. The standard InChI is InChI=1S/C30H28Cl2N4O4/c1-21(17-33-35-29(37)19-39-27-11-7-25(31)8-12-27)15-23-3-5-24(6-4-23)16-22(2)18-34-36-30(38)20-40-28-13-9-26(32)10-14-28/h3-18H,19-20H2,1-2H3,(H,35,37)(H,36,38)/b21-15+,22-16+,33-17+,34-18+. The summed E-state index contributed by atoms with van der Waals surface area (Å²) in [7, 11) is 0. The molecule has 0 saturated heterocycles. The van der Waals surface area contributed by atoms with Gasteiger partial charge in [-0.15, -0.1) is 0 Å². The van der Waals surface area contributed by atoms with E-state index in [1.54, 1.807) is 61.0 Å². The van der Waals surface area contributed by atoms with Gasteiger partial charge in [-0.05, 0) is 84.7 Å². The maximum Gasteiger partial charge on any atom is 0.277 e. The number of hydrogen-bond donors (Lipinski definition) is 2. The number of hydrogen-bond acceptors (Lipinski definition) is 6. The van der Waals surface area contributed by atoms with E-state index in [2.05, 4.69) is 21.1 Å². The molecule has 0 spiro atoms. The molecule has 10 heteroatoms. The Labute approximate surface area is 243 Å². The lowest BCUT2D eigenvalue weighted by Crippen LogP contribution is -2.24. The van der Waals surface area contributed by atoms with Gasteiger partial charge in [-0.2, -0.15) is 10.2 Å². The number of carbonyl (C=O) groups excluding carboxylic acids is 2. The van der Waals surface area contributed by atoms with Gasteiger partial charge in [-0.1, -0.05) is 59.6 Å². The molecule has 0 aliphatic carbocycles. The van der Waals surface area contributed by atoms with E-state index < -0.39 is 0 Å². The third-order valence-corrected chi connectivity index (χ3v) is 5.51. The lowest BCUT2D eigenvalue weighted by atomic mass is 10.1. The number of nitrogens with zero attached hydrogens (tertiary/aromatic N) is 2. The van der Waals surface area contributed by atoms with E-state index in [-0.39, 0.29) is 25.0 Å². The molecule has 3 aromatic rings. The molecular weight excluding hydrogens is 551 g/mol. The quantitative estimate of drug-likeness (QED) is 0.198. The molecule has 0 saturated carbocycles. The van der Waals surface area contributed by atoms with Crippen molar-refractivity contribution in [3.63, 3.8) is 0 Å². The van der Waals surface area contributed by atoms with Gasteiger partial charge >= 0.3 is 0 Å².